The van der Waals surface area contributed by atoms with Crippen LogP contribution in [0.5, 0.6) is 0 Å². The summed E-state index contributed by atoms with van der Waals surface area (Å²) in [5.41, 5.74) is 0.104. The first-order valence-electron chi connectivity index (χ1n) is 10.4. The molecule has 1 aromatic carbocycles. The lowest BCUT2D eigenvalue weighted by Crippen LogP contribution is -2.36. The van der Waals surface area contributed by atoms with Crippen LogP contribution >= 0.6 is 0 Å². The zero-order valence-corrected chi connectivity index (χ0v) is 17.9. The van der Waals surface area contributed by atoms with Crippen molar-refractivity contribution in [3.05, 3.63) is 40.2 Å². The smallest absolute Gasteiger partial charge is 0.256 e. The number of rotatable bonds is 5. The summed E-state index contributed by atoms with van der Waals surface area (Å²) < 4.78 is 34.7. The molecule has 0 spiro atoms. The van der Waals surface area contributed by atoms with E-state index in [9.17, 15) is 18.0 Å². The molecule has 0 saturated carbocycles. The molecule has 2 fully saturated rings. The lowest BCUT2D eigenvalue weighted by Gasteiger charge is -2.26. The number of amides is 1. The zero-order chi connectivity index (χ0) is 21.3. The monoisotopic (exact) mass is 433 g/mol. The van der Waals surface area contributed by atoms with Gasteiger partial charge in [-0.15, -0.1) is 0 Å². The summed E-state index contributed by atoms with van der Waals surface area (Å²) in [6, 6.07) is 4.56. The number of nitrogens with zero attached hydrogens (tertiary/aromatic N) is 2. The first kappa shape index (κ1) is 21.0. The maximum absolute atomic E-state index is 13.1. The molecule has 8 nitrogen and oxygen atoms in total. The number of pyridine rings is 1. The number of carbonyl (C=O) groups excluding carboxylic acids is 1. The molecule has 1 unspecified atom stereocenters. The lowest BCUT2D eigenvalue weighted by atomic mass is 10.1. The molecule has 0 aliphatic carbocycles. The van der Waals surface area contributed by atoms with Gasteiger partial charge in [-0.25, -0.2) is 8.42 Å². The summed E-state index contributed by atoms with van der Waals surface area (Å²) in [5.74, 6) is -0.475. The highest BCUT2D eigenvalue weighted by molar-refractivity contribution is 7.89. The van der Waals surface area contributed by atoms with Gasteiger partial charge in [0.1, 0.15) is 5.56 Å². The van der Waals surface area contributed by atoms with E-state index in [1.807, 2.05) is 0 Å². The molecule has 1 aromatic heterocycles. The molecule has 1 atom stereocenters. The van der Waals surface area contributed by atoms with Crippen LogP contribution in [0.15, 0.2) is 34.1 Å². The number of hydrogen-bond donors (Lipinski definition) is 1. The number of carbonyl (C=O) groups is 1. The van der Waals surface area contributed by atoms with E-state index in [4.69, 9.17) is 4.74 Å². The van der Waals surface area contributed by atoms with Crippen molar-refractivity contribution >= 4 is 26.8 Å². The quantitative estimate of drug-likeness (QED) is 0.773. The van der Waals surface area contributed by atoms with Crippen molar-refractivity contribution in [3.8, 4) is 0 Å². The molecule has 2 aliphatic heterocycles. The molecular weight excluding hydrogens is 406 g/mol. The highest BCUT2D eigenvalue weighted by atomic mass is 32.2. The van der Waals surface area contributed by atoms with E-state index in [0.29, 0.717) is 31.8 Å². The Labute approximate surface area is 175 Å². The van der Waals surface area contributed by atoms with Gasteiger partial charge in [0.05, 0.1) is 16.5 Å². The number of aryl methyl sites for hydroxylation is 1. The fraction of sp³-hybridized carbons (Fsp3) is 0.524. The molecule has 2 saturated heterocycles. The van der Waals surface area contributed by atoms with Gasteiger partial charge in [-0.3, -0.25) is 9.59 Å². The third-order valence-corrected chi connectivity index (χ3v) is 7.77. The van der Waals surface area contributed by atoms with Crippen LogP contribution < -0.4 is 10.7 Å². The minimum absolute atomic E-state index is 0.00415. The van der Waals surface area contributed by atoms with Crippen molar-refractivity contribution in [2.75, 3.05) is 26.2 Å². The number of nitrogens with one attached hydrogen (secondary N) is 1. The highest BCUT2D eigenvalue weighted by Crippen LogP contribution is 2.23. The third kappa shape index (κ3) is 4.01. The van der Waals surface area contributed by atoms with Crippen LogP contribution in [-0.4, -0.2) is 55.5 Å². The topological polar surface area (TPSA) is 97.7 Å². The maximum atomic E-state index is 13.1. The van der Waals surface area contributed by atoms with Gasteiger partial charge in [-0.1, -0.05) is 6.42 Å². The largest absolute Gasteiger partial charge is 0.376 e. The van der Waals surface area contributed by atoms with Crippen LogP contribution in [0, 0.1) is 0 Å². The number of hydrogen-bond acceptors (Lipinski definition) is 5. The van der Waals surface area contributed by atoms with Gasteiger partial charge in [-0.2, -0.15) is 4.31 Å². The van der Waals surface area contributed by atoms with Gasteiger partial charge < -0.3 is 14.6 Å². The van der Waals surface area contributed by atoms with Crippen LogP contribution in [-0.2, 0) is 21.8 Å². The van der Waals surface area contributed by atoms with Gasteiger partial charge in [0, 0.05) is 44.9 Å². The van der Waals surface area contributed by atoms with Gasteiger partial charge in [0.15, 0.2) is 0 Å². The second-order valence-electron chi connectivity index (χ2n) is 7.97. The number of fused-ring (bicyclic) bond motifs is 1. The average Bonchev–Trinajstić information content (AvgIpc) is 3.28. The predicted octanol–water partition coefficient (Wildman–Crippen LogP) is 1.62. The number of benzene rings is 1. The van der Waals surface area contributed by atoms with Crippen molar-refractivity contribution in [2.24, 2.45) is 7.05 Å². The Morgan fingerprint density at radius 2 is 1.97 bits per heavy atom. The molecular formula is C21H27N3O5S. The molecule has 30 heavy (non-hydrogen) atoms. The van der Waals surface area contributed by atoms with E-state index in [1.54, 1.807) is 17.7 Å². The second kappa shape index (κ2) is 8.49. The SMILES string of the molecule is Cn1cc(C(=O)NCC2CCCO2)c(=O)c2cc(S(=O)(=O)N3CCCCC3)ccc21. The van der Waals surface area contributed by atoms with Crippen molar-refractivity contribution in [1.29, 1.82) is 0 Å². The van der Waals surface area contributed by atoms with E-state index in [2.05, 4.69) is 5.32 Å². The summed E-state index contributed by atoms with van der Waals surface area (Å²) in [6.07, 6.45) is 6.01. The van der Waals surface area contributed by atoms with E-state index in [-0.39, 0.29) is 21.9 Å². The summed E-state index contributed by atoms with van der Waals surface area (Å²) in [7, 11) is -1.94. The molecule has 3 heterocycles. The Hall–Kier alpha value is -2.23. The Bertz CT molecular complexity index is 1110. The van der Waals surface area contributed by atoms with Crippen LogP contribution in [0.2, 0.25) is 0 Å². The average molecular weight is 434 g/mol. The fourth-order valence-electron chi connectivity index (χ4n) is 4.16. The Morgan fingerprint density at radius 1 is 1.20 bits per heavy atom. The summed E-state index contributed by atoms with van der Waals surface area (Å²) in [4.78, 5) is 25.8. The number of piperidine rings is 1. The predicted molar refractivity (Wildman–Crippen MR) is 113 cm³/mol. The van der Waals surface area contributed by atoms with Crippen molar-refractivity contribution < 1.29 is 17.9 Å². The van der Waals surface area contributed by atoms with Crippen LogP contribution in [0.25, 0.3) is 10.9 Å². The fourth-order valence-corrected chi connectivity index (χ4v) is 5.70. The lowest BCUT2D eigenvalue weighted by molar-refractivity contribution is 0.0856. The van der Waals surface area contributed by atoms with Crippen LogP contribution in [0.3, 0.4) is 0 Å². The maximum Gasteiger partial charge on any atom is 0.256 e. The first-order valence-corrected chi connectivity index (χ1v) is 11.9. The minimum atomic E-state index is -3.67. The molecule has 0 radical (unpaired) electrons. The second-order valence-corrected chi connectivity index (χ2v) is 9.91. The standard InChI is InChI=1S/C21H27N3O5S/c1-23-14-18(21(26)22-13-15-6-5-11-29-15)20(25)17-12-16(7-8-19(17)23)30(27,28)24-9-3-2-4-10-24/h7-8,12,14-15H,2-6,9-11,13H2,1H3,(H,22,26). The molecule has 2 aromatic rings. The van der Waals surface area contributed by atoms with Crippen molar-refractivity contribution in [1.82, 2.24) is 14.2 Å². The van der Waals surface area contributed by atoms with Gasteiger partial charge in [0.2, 0.25) is 15.5 Å². The molecule has 9 heteroatoms. The molecule has 1 amide bonds. The summed E-state index contributed by atoms with van der Waals surface area (Å²) in [6.45, 7) is 2.02. The van der Waals surface area contributed by atoms with E-state index in [0.717, 1.165) is 32.1 Å². The van der Waals surface area contributed by atoms with E-state index >= 15 is 0 Å². The van der Waals surface area contributed by atoms with Gasteiger partial charge in [-0.05, 0) is 43.9 Å². The van der Waals surface area contributed by atoms with Gasteiger partial charge >= 0.3 is 0 Å². The molecule has 162 valence electrons. The molecule has 2 aliphatic rings. The van der Waals surface area contributed by atoms with Crippen molar-refractivity contribution in [3.63, 3.8) is 0 Å². The summed E-state index contributed by atoms with van der Waals surface area (Å²) in [5, 5.41) is 2.99. The minimum Gasteiger partial charge on any atom is -0.376 e. The Balaban J connectivity index is 1.67. The molecule has 0 bridgehead atoms. The Kier molecular flexibility index (Phi) is 5.95. The molecule has 4 rings (SSSR count). The highest BCUT2D eigenvalue weighted by Gasteiger charge is 2.27. The number of aromatic nitrogens is 1. The van der Waals surface area contributed by atoms with Crippen LogP contribution in [0.4, 0.5) is 0 Å². The number of ether oxygens (including phenoxy) is 1. The third-order valence-electron chi connectivity index (χ3n) is 5.87. The number of sulfonamides is 1. The van der Waals surface area contributed by atoms with Crippen molar-refractivity contribution in [2.45, 2.75) is 43.1 Å². The van der Waals surface area contributed by atoms with Gasteiger partial charge in [0.25, 0.3) is 5.91 Å². The van der Waals surface area contributed by atoms with E-state index < -0.39 is 21.4 Å². The molecule has 1 N–H and O–H groups in total. The summed E-state index contributed by atoms with van der Waals surface area (Å²) >= 11 is 0. The first-order chi connectivity index (χ1) is 14.4. The zero-order valence-electron chi connectivity index (χ0n) is 17.1. The van der Waals surface area contributed by atoms with Crippen LogP contribution in [0.1, 0.15) is 42.5 Å². The normalized spacial score (nSPS) is 20.5. The van der Waals surface area contributed by atoms with E-state index in [1.165, 1.54) is 22.6 Å². The Morgan fingerprint density at radius 3 is 2.67 bits per heavy atom.